The van der Waals surface area contributed by atoms with Crippen LogP contribution < -0.4 is 10.6 Å². The van der Waals surface area contributed by atoms with E-state index in [0.29, 0.717) is 11.4 Å². The van der Waals surface area contributed by atoms with E-state index in [0.717, 1.165) is 5.56 Å². The number of ether oxygens (including phenoxy) is 1. The average Bonchev–Trinajstić information content (AvgIpc) is 2.63. The molecule has 6 heteroatoms. The Morgan fingerprint density at radius 1 is 1.00 bits per heavy atom. The van der Waals surface area contributed by atoms with Crippen molar-refractivity contribution in [3.63, 3.8) is 0 Å². The Morgan fingerprint density at radius 3 is 2.25 bits per heavy atom. The fourth-order valence-corrected chi connectivity index (χ4v) is 1.77. The van der Waals surface area contributed by atoms with Crippen molar-refractivity contribution in [3.8, 4) is 12.1 Å². The average molecular weight is 318 g/mol. The predicted molar refractivity (Wildman–Crippen MR) is 89.6 cm³/mol. The third-order valence-corrected chi connectivity index (χ3v) is 2.97. The molecular formula is C18H14N4O2. The van der Waals surface area contributed by atoms with Crippen molar-refractivity contribution < 1.29 is 9.53 Å². The van der Waals surface area contributed by atoms with Gasteiger partial charge in [-0.2, -0.15) is 10.5 Å². The first-order chi connectivity index (χ1) is 11.7. The molecule has 24 heavy (non-hydrogen) atoms. The molecule has 2 aromatic carbocycles. The van der Waals surface area contributed by atoms with Crippen LogP contribution >= 0.6 is 0 Å². The van der Waals surface area contributed by atoms with Crippen molar-refractivity contribution >= 4 is 17.5 Å². The molecule has 118 valence electrons. The minimum absolute atomic E-state index is 0.0262. The molecule has 0 bridgehead atoms. The first-order valence-corrected chi connectivity index (χ1v) is 7.06. The van der Waals surface area contributed by atoms with Crippen molar-refractivity contribution in [3.05, 3.63) is 71.9 Å². The van der Waals surface area contributed by atoms with E-state index in [-0.39, 0.29) is 12.2 Å². The normalized spacial score (nSPS) is 9.08. The molecule has 0 radical (unpaired) electrons. The van der Waals surface area contributed by atoms with Crippen LogP contribution in [0.15, 0.2) is 66.4 Å². The van der Waals surface area contributed by atoms with E-state index in [4.69, 9.17) is 15.3 Å². The highest BCUT2D eigenvalue weighted by molar-refractivity contribution is 5.84. The summed E-state index contributed by atoms with van der Waals surface area (Å²) in [6, 6.07) is 19.7. The van der Waals surface area contributed by atoms with Crippen LogP contribution in [0.5, 0.6) is 0 Å². The van der Waals surface area contributed by atoms with Gasteiger partial charge in [0.25, 0.3) is 0 Å². The topological polar surface area (TPSA) is 97.9 Å². The standard InChI is InChI=1S/C18H14N4O2/c19-10-15(11-20)12-21-16-6-8-17(9-7-16)22-18(23)24-13-14-4-2-1-3-5-14/h1-9,12,21H,13H2,(H,22,23). The van der Waals surface area contributed by atoms with Gasteiger partial charge in [0.1, 0.15) is 24.3 Å². The van der Waals surface area contributed by atoms with Crippen LogP contribution in [0.3, 0.4) is 0 Å². The lowest BCUT2D eigenvalue weighted by Gasteiger charge is -2.08. The van der Waals surface area contributed by atoms with Crippen LogP contribution in [0, 0.1) is 22.7 Å². The van der Waals surface area contributed by atoms with Crippen LogP contribution in [-0.2, 0) is 11.3 Å². The zero-order valence-electron chi connectivity index (χ0n) is 12.7. The van der Waals surface area contributed by atoms with E-state index in [2.05, 4.69) is 10.6 Å². The summed E-state index contributed by atoms with van der Waals surface area (Å²) >= 11 is 0. The smallest absolute Gasteiger partial charge is 0.411 e. The van der Waals surface area contributed by atoms with Crippen LogP contribution in [0.4, 0.5) is 16.2 Å². The second-order valence-corrected chi connectivity index (χ2v) is 4.69. The lowest BCUT2D eigenvalue weighted by Crippen LogP contribution is -2.13. The van der Waals surface area contributed by atoms with E-state index < -0.39 is 6.09 Å². The van der Waals surface area contributed by atoms with Crippen LogP contribution in [0.2, 0.25) is 0 Å². The minimum atomic E-state index is -0.546. The molecule has 2 N–H and O–H groups in total. The number of rotatable bonds is 5. The molecule has 0 unspecified atom stereocenters. The molecule has 0 saturated heterocycles. The highest BCUT2D eigenvalue weighted by Crippen LogP contribution is 2.14. The third-order valence-electron chi connectivity index (χ3n) is 2.97. The second-order valence-electron chi connectivity index (χ2n) is 4.69. The molecule has 0 saturated carbocycles. The summed E-state index contributed by atoms with van der Waals surface area (Å²) in [5, 5.41) is 22.7. The number of amides is 1. The molecule has 6 nitrogen and oxygen atoms in total. The van der Waals surface area contributed by atoms with Gasteiger partial charge in [-0.05, 0) is 29.8 Å². The molecular weight excluding hydrogens is 304 g/mol. The molecule has 0 aromatic heterocycles. The molecule has 0 fully saturated rings. The zero-order valence-corrected chi connectivity index (χ0v) is 12.7. The Kier molecular flexibility index (Phi) is 5.96. The number of benzene rings is 2. The predicted octanol–water partition coefficient (Wildman–Crippen LogP) is 3.78. The van der Waals surface area contributed by atoms with Gasteiger partial charge in [-0.1, -0.05) is 30.3 Å². The SMILES string of the molecule is N#CC(C#N)=CNc1ccc(NC(=O)OCc2ccccc2)cc1. The van der Waals surface area contributed by atoms with Gasteiger partial charge < -0.3 is 10.1 Å². The van der Waals surface area contributed by atoms with Crippen molar-refractivity contribution in [1.82, 2.24) is 0 Å². The summed E-state index contributed by atoms with van der Waals surface area (Å²) in [4.78, 5) is 11.7. The Balaban J connectivity index is 1.85. The monoisotopic (exact) mass is 318 g/mol. The fourth-order valence-electron chi connectivity index (χ4n) is 1.77. The van der Waals surface area contributed by atoms with Gasteiger partial charge in [0.05, 0.1) is 0 Å². The van der Waals surface area contributed by atoms with Gasteiger partial charge >= 0.3 is 6.09 Å². The number of nitriles is 2. The molecule has 0 aliphatic rings. The molecule has 0 spiro atoms. The molecule has 2 aromatic rings. The van der Waals surface area contributed by atoms with Crippen LogP contribution in [0.25, 0.3) is 0 Å². The summed E-state index contributed by atoms with van der Waals surface area (Å²) in [7, 11) is 0. The van der Waals surface area contributed by atoms with Gasteiger partial charge in [-0.25, -0.2) is 4.79 Å². The summed E-state index contributed by atoms with van der Waals surface area (Å²) in [5.41, 5.74) is 2.14. The van der Waals surface area contributed by atoms with E-state index in [1.807, 2.05) is 30.3 Å². The molecule has 0 heterocycles. The van der Waals surface area contributed by atoms with Gasteiger partial charge in [0, 0.05) is 17.6 Å². The quantitative estimate of drug-likeness (QED) is 0.818. The number of hydrogen-bond donors (Lipinski definition) is 2. The number of nitrogens with one attached hydrogen (secondary N) is 2. The maximum absolute atomic E-state index is 11.7. The van der Waals surface area contributed by atoms with Gasteiger partial charge in [0.15, 0.2) is 0 Å². The van der Waals surface area contributed by atoms with Gasteiger partial charge in [-0.3, -0.25) is 5.32 Å². The van der Waals surface area contributed by atoms with Crippen LogP contribution in [-0.4, -0.2) is 6.09 Å². The molecule has 1 amide bonds. The molecule has 0 aliphatic carbocycles. The maximum Gasteiger partial charge on any atom is 0.411 e. The lowest BCUT2D eigenvalue weighted by molar-refractivity contribution is 0.155. The van der Waals surface area contributed by atoms with Crippen molar-refractivity contribution in [2.45, 2.75) is 6.61 Å². The molecule has 0 aliphatic heterocycles. The number of carbonyl (C=O) groups excluding carboxylic acids is 1. The third kappa shape index (κ3) is 5.21. The number of hydrogen-bond acceptors (Lipinski definition) is 5. The number of carbonyl (C=O) groups is 1. The van der Waals surface area contributed by atoms with Gasteiger partial charge in [-0.15, -0.1) is 0 Å². The summed E-state index contributed by atoms with van der Waals surface area (Å²) in [6.07, 6.45) is 0.770. The summed E-state index contributed by atoms with van der Waals surface area (Å²) < 4.78 is 5.12. The Morgan fingerprint density at radius 2 is 1.62 bits per heavy atom. The maximum atomic E-state index is 11.7. The highest BCUT2D eigenvalue weighted by atomic mass is 16.5. The Bertz CT molecular complexity index is 784. The van der Waals surface area contributed by atoms with Crippen LogP contribution in [0.1, 0.15) is 5.56 Å². The number of nitrogens with zero attached hydrogens (tertiary/aromatic N) is 2. The van der Waals surface area contributed by atoms with Crippen molar-refractivity contribution in [2.75, 3.05) is 10.6 Å². The van der Waals surface area contributed by atoms with Crippen molar-refractivity contribution in [1.29, 1.82) is 10.5 Å². The molecule has 2 rings (SSSR count). The first-order valence-electron chi connectivity index (χ1n) is 7.06. The summed E-state index contributed by atoms with van der Waals surface area (Å²) in [6.45, 7) is 0.197. The van der Waals surface area contributed by atoms with Crippen molar-refractivity contribution in [2.24, 2.45) is 0 Å². The zero-order chi connectivity index (χ0) is 17.2. The van der Waals surface area contributed by atoms with E-state index >= 15 is 0 Å². The summed E-state index contributed by atoms with van der Waals surface area (Å²) in [5.74, 6) is 0. The minimum Gasteiger partial charge on any atom is -0.444 e. The van der Waals surface area contributed by atoms with E-state index in [9.17, 15) is 4.79 Å². The Hall–Kier alpha value is -3.77. The molecule has 0 atom stereocenters. The first kappa shape index (κ1) is 16.6. The number of allylic oxidation sites excluding steroid dienone is 1. The highest BCUT2D eigenvalue weighted by Gasteiger charge is 2.03. The number of anilines is 2. The lowest BCUT2D eigenvalue weighted by atomic mass is 10.2. The van der Waals surface area contributed by atoms with E-state index in [1.165, 1.54) is 6.20 Å². The second kappa shape index (κ2) is 8.62. The fraction of sp³-hybridized carbons (Fsp3) is 0.0556. The largest absolute Gasteiger partial charge is 0.444 e. The van der Waals surface area contributed by atoms with E-state index in [1.54, 1.807) is 36.4 Å². The Labute approximate surface area is 139 Å². The van der Waals surface area contributed by atoms with Gasteiger partial charge in [0.2, 0.25) is 0 Å².